The van der Waals surface area contributed by atoms with Crippen LogP contribution in [-0.4, -0.2) is 9.13 Å². The molecule has 0 bridgehead atoms. The highest BCUT2D eigenvalue weighted by molar-refractivity contribution is 6.14. The van der Waals surface area contributed by atoms with Crippen molar-refractivity contribution in [2.45, 2.75) is 0 Å². The smallest absolute Gasteiger partial charge is 0.137 e. The fourth-order valence-electron chi connectivity index (χ4n) is 8.94. The van der Waals surface area contributed by atoms with Gasteiger partial charge in [0.15, 0.2) is 0 Å². The molecule has 9 aromatic carbocycles. The molecule has 4 heteroatoms. The molecule has 12 aromatic rings. The normalized spacial score (nSPS) is 11.9. The highest BCUT2D eigenvalue weighted by Crippen LogP contribution is 2.42. The number of benzene rings is 9. The molecule has 0 atom stereocenters. The number of para-hydroxylation sites is 4. The van der Waals surface area contributed by atoms with E-state index < -0.39 is 0 Å². The molecule has 0 aliphatic rings. The third-order valence-electron chi connectivity index (χ3n) is 11.5. The van der Waals surface area contributed by atoms with Crippen LogP contribution < -0.4 is 4.90 Å². The molecule has 0 aliphatic heterocycles. The zero-order chi connectivity index (χ0) is 36.7. The number of hydrogen-bond acceptors (Lipinski definition) is 2. The van der Waals surface area contributed by atoms with Crippen molar-refractivity contribution in [3.63, 3.8) is 0 Å². The minimum Gasteiger partial charge on any atom is -0.456 e. The SMILES string of the molecule is c1ccc(-n2c3ccccc3c3cc(N(c4ccc(-n5c6ccccc6c6cc7ccccc7cc65)cc4)c4ccc5c(c4)oc4ccccc45)ccc32)cc1. The number of fused-ring (bicyclic) bond motifs is 10. The Bertz CT molecular complexity index is 3480. The van der Waals surface area contributed by atoms with Crippen LogP contribution in [0, 0.1) is 0 Å². The molecule has 0 unspecified atom stereocenters. The second kappa shape index (κ2) is 12.0. The van der Waals surface area contributed by atoms with Crippen molar-refractivity contribution in [1.82, 2.24) is 9.13 Å². The molecular formula is C52H33N3O. The van der Waals surface area contributed by atoms with Crippen LogP contribution in [-0.2, 0) is 0 Å². The summed E-state index contributed by atoms with van der Waals surface area (Å²) in [6.07, 6.45) is 0. The topological polar surface area (TPSA) is 26.2 Å². The third kappa shape index (κ3) is 4.60. The van der Waals surface area contributed by atoms with Gasteiger partial charge in [0, 0.05) is 66.8 Å². The van der Waals surface area contributed by atoms with Crippen LogP contribution in [0.25, 0.3) is 87.7 Å². The molecule has 262 valence electrons. The van der Waals surface area contributed by atoms with Gasteiger partial charge in [0.25, 0.3) is 0 Å². The molecular weight excluding hydrogens is 683 g/mol. The monoisotopic (exact) mass is 715 g/mol. The molecule has 0 saturated carbocycles. The van der Waals surface area contributed by atoms with Crippen LogP contribution in [0.2, 0.25) is 0 Å². The van der Waals surface area contributed by atoms with E-state index in [-0.39, 0.29) is 0 Å². The minimum absolute atomic E-state index is 0.865. The lowest BCUT2D eigenvalue weighted by Crippen LogP contribution is -2.10. The minimum atomic E-state index is 0.865. The van der Waals surface area contributed by atoms with E-state index in [1.54, 1.807) is 0 Å². The predicted octanol–water partition coefficient (Wildman–Crippen LogP) is 14.4. The maximum absolute atomic E-state index is 6.44. The number of nitrogens with zero attached hydrogens (tertiary/aromatic N) is 3. The Morgan fingerprint density at radius 1 is 0.304 bits per heavy atom. The molecule has 0 aliphatic carbocycles. The van der Waals surface area contributed by atoms with Crippen LogP contribution in [0.4, 0.5) is 17.1 Å². The third-order valence-corrected chi connectivity index (χ3v) is 11.5. The molecule has 3 heterocycles. The van der Waals surface area contributed by atoms with Crippen LogP contribution >= 0.6 is 0 Å². The van der Waals surface area contributed by atoms with Crippen molar-refractivity contribution in [2.75, 3.05) is 4.90 Å². The second-order valence-corrected chi connectivity index (χ2v) is 14.6. The Kier molecular flexibility index (Phi) is 6.60. The Labute approximate surface area is 322 Å². The van der Waals surface area contributed by atoms with Gasteiger partial charge in [-0.3, -0.25) is 0 Å². The van der Waals surface area contributed by atoms with Crippen molar-refractivity contribution < 1.29 is 4.42 Å². The fraction of sp³-hybridized carbons (Fsp3) is 0. The van der Waals surface area contributed by atoms with E-state index in [1.165, 1.54) is 54.4 Å². The van der Waals surface area contributed by atoms with E-state index >= 15 is 0 Å². The number of anilines is 3. The van der Waals surface area contributed by atoms with Gasteiger partial charge in [-0.15, -0.1) is 0 Å². The van der Waals surface area contributed by atoms with Crippen LogP contribution in [0.3, 0.4) is 0 Å². The highest BCUT2D eigenvalue weighted by atomic mass is 16.3. The summed E-state index contributed by atoms with van der Waals surface area (Å²) in [6.45, 7) is 0. The molecule has 0 fully saturated rings. The van der Waals surface area contributed by atoms with Crippen molar-refractivity contribution in [3.05, 3.63) is 200 Å². The number of rotatable bonds is 5. The Balaban J connectivity index is 1.06. The Morgan fingerprint density at radius 3 is 1.59 bits per heavy atom. The van der Waals surface area contributed by atoms with Crippen LogP contribution in [0.5, 0.6) is 0 Å². The summed E-state index contributed by atoms with van der Waals surface area (Å²) in [5, 5.41) is 9.64. The van der Waals surface area contributed by atoms with Gasteiger partial charge in [-0.05, 0) is 108 Å². The average molecular weight is 716 g/mol. The summed E-state index contributed by atoms with van der Waals surface area (Å²) in [7, 11) is 0. The van der Waals surface area contributed by atoms with Gasteiger partial charge >= 0.3 is 0 Å². The number of aromatic nitrogens is 2. The average Bonchev–Trinajstić information content (AvgIpc) is 3.90. The lowest BCUT2D eigenvalue weighted by molar-refractivity contribution is 0.669. The van der Waals surface area contributed by atoms with E-state index in [9.17, 15) is 0 Å². The van der Waals surface area contributed by atoms with E-state index in [1.807, 2.05) is 12.1 Å². The highest BCUT2D eigenvalue weighted by Gasteiger charge is 2.20. The maximum atomic E-state index is 6.44. The summed E-state index contributed by atoms with van der Waals surface area (Å²) in [5.41, 5.74) is 11.9. The lowest BCUT2D eigenvalue weighted by Gasteiger charge is -2.26. The fourth-order valence-corrected chi connectivity index (χ4v) is 8.94. The lowest BCUT2D eigenvalue weighted by atomic mass is 10.1. The summed E-state index contributed by atoms with van der Waals surface area (Å²) in [5.74, 6) is 0. The maximum Gasteiger partial charge on any atom is 0.137 e. The van der Waals surface area contributed by atoms with Gasteiger partial charge in [-0.2, -0.15) is 0 Å². The van der Waals surface area contributed by atoms with Crippen molar-refractivity contribution in [1.29, 1.82) is 0 Å². The van der Waals surface area contributed by atoms with E-state index in [4.69, 9.17) is 4.42 Å². The van der Waals surface area contributed by atoms with Crippen LogP contribution in [0.1, 0.15) is 0 Å². The zero-order valence-electron chi connectivity index (χ0n) is 30.3. The largest absolute Gasteiger partial charge is 0.456 e. The van der Waals surface area contributed by atoms with E-state index in [0.717, 1.165) is 50.4 Å². The molecule has 0 N–H and O–H groups in total. The first-order chi connectivity index (χ1) is 27.8. The predicted molar refractivity (Wildman–Crippen MR) is 235 cm³/mol. The second-order valence-electron chi connectivity index (χ2n) is 14.6. The van der Waals surface area contributed by atoms with Crippen LogP contribution in [0.15, 0.2) is 205 Å². The Morgan fingerprint density at radius 2 is 0.821 bits per heavy atom. The first-order valence-electron chi connectivity index (χ1n) is 19.1. The number of hydrogen-bond donors (Lipinski definition) is 0. The summed E-state index contributed by atoms with van der Waals surface area (Å²) in [4.78, 5) is 2.35. The van der Waals surface area contributed by atoms with Crippen molar-refractivity contribution in [2.24, 2.45) is 0 Å². The molecule has 56 heavy (non-hydrogen) atoms. The Hall–Kier alpha value is -7.56. The molecule has 3 aromatic heterocycles. The first-order valence-corrected chi connectivity index (χ1v) is 19.1. The van der Waals surface area contributed by atoms with Gasteiger partial charge in [0.2, 0.25) is 0 Å². The van der Waals surface area contributed by atoms with Gasteiger partial charge in [-0.1, -0.05) is 97.1 Å². The van der Waals surface area contributed by atoms with Gasteiger partial charge in [0.05, 0.1) is 22.1 Å². The molecule has 4 nitrogen and oxygen atoms in total. The van der Waals surface area contributed by atoms with Gasteiger partial charge in [0.1, 0.15) is 11.2 Å². The molecule has 0 amide bonds. The van der Waals surface area contributed by atoms with E-state index in [0.29, 0.717) is 0 Å². The zero-order valence-corrected chi connectivity index (χ0v) is 30.3. The quantitative estimate of drug-likeness (QED) is 0.177. The molecule has 0 spiro atoms. The van der Waals surface area contributed by atoms with E-state index in [2.05, 4.69) is 202 Å². The number of furan rings is 1. The van der Waals surface area contributed by atoms with Crippen molar-refractivity contribution in [3.8, 4) is 11.4 Å². The van der Waals surface area contributed by atoms with Gasteiger partial charge < -0.3 is 18.5 Å². The molecule has 12 rings (SSSR count). The standard InChI is InChI=1S/C52H33N3O/c1-2-14-36(15-3-1)54-47-19-9-7-17-42(47)46-32-39(27-29-49(46)54)53(40-26-28-44-43-18-8-11-21-51(43)56-52(44)33-40)37-22-24-38(25-23-37)55-48-20-10-6-16-41(48)45-30-34-12-4-5-13-35(34)31-50(45)55/h1-33H. The summed E-state index contributed by atoms with van der Waals surface area (Å²) in [6, 6.07) is 72.0. The molecule has 0 saturated heterocycles. The summed E-state index contributed by atoms with van der Waals surface area (Å²) < 4.78 is 11.2. The summed E-state index contributed by atoms with van der Waals surface area (Å²) >= 11 is 0. The first kappa shape index (κ1) is 30.9. The van der Waals surface area contributed by atoms with Gasteiger partial charge in [-0.25, -0.2) is 0 Å². The van der Waals surface area contributed by atoms with Crippen molar-refractivity contribution >= 4 is 93.4 Å². The molecule has 0 radical (unpaired) electrons.